The van der Waals surface area contributed by atoms with E-state index < -0.39 is 0 Å². The zero-order valence-corrected chi connectivity index (χ0v) is 11.3. The van der Waals surface area contributed by atoms with E-state index in [1.807, 2.05) is 17.9 Å². The standard InChI is InChI=1S/C13H19N3O3/c1-10(13(17)16-5-7-19-8-6-16)15-11-3-4-12(18-2)14-9-11/h3-4,9-10,15H,5-8H2,1-2H3/t10-/m0/s1. The molecule has 0 spiro atoms. The van der Waals surface area contributed by atoms with Crippen molar-refractivity contribution in [1.29, 1.82) is 0 Å². The molecule has 19 heavy (non-hydrogen) atoms. The molecule has 0 aliphatic carbocycles. The third kappa shape index (κ3) is 3.57. The van der Waals surface area contributed by atoms with E-state index >= 15 is 0 Å². The summed E-state index contributed by atoms with van der Waals surface area (Å²) < 4.78 is 10.2. The number of nitrogens with zero attached hydrogens (tertiary/aromatic N) is 2. The normalized spacial score (nSPS) is 16.8. The van der Waals surface area contributed by atoms with Crippen LogP contribution in [0.4, 0.5) is 5.69 Å². The van der Waals surface area contributed by atoms with Gasteiger partial charge in [0.15, 0.2) is 0 Å². The second-order valence-corrected chi connectivity index (χ2v) is 4.39. The molecule has 0 radical (unpaired) electrons. The average molecular weight is 265 g/mol. The first kappa shape index (κ1) is 13.6. The summed E-state index contributed by atoms with van der Waals surface area (Å²) in [5.74, 6) is 0.636. The molecule has 104 valence electrons. The largest absolute Gasteiger partial charge is 0.481 e. The summed E-state index contributed by atoms with van der Waals surface area (Å²) in [5.41, 5.74) is 0.801. The fourth-order valence-corrected chi connectivity index (χ4v) is 1.96. The van der Waals surface area contributed by atoms with Gasteiger partial charge in [-0.15, -0.1) is 0 Å². The zero-order chi connectivity index (χ0) is 13.7. The summed E-state index contributed by atoms with van der Waals surface area (Å²) in [4.78, 5) is 18.1. The number of rotatable bonds is 4. The van der Waals surface area contributed by atoms with Crippen molar-refractivity contribution in [2.45, 2.75) is 13.0 Å². The van der Waals surface area contributed by atoms with Crippen LogP contribution in [0.15, 0.2) is 18.3 Å². The Morgan fingerprint density at radius 3 is 2.79 bits per heavy atom. The third-order valence-corrected chi connectivity index (χ3v) is 3.02. The molecule has 1 atom stereocenters. The van der Waals surface area contributed by atoms with Crippen molar-refractivity contribution < 1.29 is 14.3 Å². The molecule has 6 heteroatoms. The lowest BCUT2D eigenvalue weighted by molar-refractivity contribution is -0.135. The first-order valence-corrected chi connectivity index (χ1v) is 6.34. The van der Waals surface area contributed by atoms with Gasteiger partial charge in [-0.25, -0.2) is 4.98 Å². The average Bonchev–Trinajstić information content (AvgIpc) is 2.48. The highest BCUT2D eigenvalue weighted by Gasteiger charge is 2.22. The van der Waals surface area contributed by atoms with E-state index in [2.05, 4.69) is 10.3 Å². The summed E-state index contributed by atoms with van der Waals surface area (Å²) in [6, 6.07) is 3.32. The number of nitrogens with one attached hydrogen (secondary N) is 1. The molecular weight excluding hydrogens is 246 g/mol. The van der Waals surface area contributed by atoms with Gasteiger partial charge in [-0.3, -0.25) is 4.79 Å². The molecule has 0 aromatic carbocycles. The number of aromatic nitrogens is 1. The van der Waals surface area contributed by atoms with E-state index in [9.17, 15) is 4.79 Å². The minimum absolute atomic E-state index is 0.0825. The van der Waals surface area contributed by atoms with Gasteiger partial charge >= 0.3 is 0 Å². The summed E-state index contributed by atoms with van der Waals surface area (Å²) in [5, 5.41) is 3.14. The van der Waals surface area contributed by atoms with Gasteiger partial charge in [0.2, 0.25) is 11.8 Å². The van der Waals surface area contributed by atoms with E-state index in [0.717, 1.165) is 5.69 Å². The maximum Gasteiger partial charge on any atom is 0.244 e. The number of methoxy groups -OCH3 is 1. The Kier molecular flexibility index (Phi) is 4.57. The van der Waals surface area contributed by atoms with Crippen molar-refractivity contribution in [2.24, 2.45) is 0 Å². The van der Waals surface area contributed by atoms with Crippen LogP contribution in [-0.4, -0.2) is 55.2 Å². The van der Waals surface area contributed by atoms with Crippen LogP contribution in [0.2, 0.25) is 0 Å². The highest BCUT2D eigenvalue weighted by atomic mass is 16.5. The van der Waals surface area contributed by atoms with Crippen LogP contribution in [0.1, 0.15) is 6.92 Å². The Balaban J connectivity index is 1.91. The van der Waals surface area contributed by atoms with E-state index in [0.29, 0.717) is 32.2 Å². The fourth-order valence-electron chi connectivity index (χ4n) is 1.96. The molecule has 1 aromatic heterocycles. The minimum Gasteiger partial charge on any atom is -0.481 e. The summed E-state index contributed by atoms with van der Waals surface area (Å²) in [6.07, 6.45) is 1.65. The Bertz CT molecular complexity index is 416. The second-order valence-electron chi connectivity index (χ2n) is 4.39. The Morgan fingerprint density at radius 1 is 1.47 bits per heavy atom. The highest BCUT2D eigenvalue weighted by molar-refractivity contribution is 5.84. The van der Waals surface area contributed by atoms with Crippen LogP contribution in [0, 0.1) is 0 Å². The predicted octanol–water partition coefficient (Wildman–Crippen LogP) is 0.749. The minimum atomic E-state index is -0.284. The Morgan fingerprint density at radius 2 is 2.21 bits per heavy atom. The molecule has 1 aliphatic rings. The lowest BCUT2D eigenvalue weighted by atomic mass is 10.2. The smallest absolute Gasteiger partial charge is 0.244 e. The molecule has 1 fully saturated rings. The van der Waals surface area contributed by atoms with Crippen molar-refractivity contribution in [1.82, 2.24) is 9.88 Å². The Labute approximate surface area is 112 Å². The molecule has 0 bridgehead atoms. The second kappa shape index (κ2) is 6.38. The zero-order valence-electron chi connectivity index (χ0n) is 11.3. The van der Waals surface area contributed by atoms with Crippen LogP contribution >= 0.6 is 0 Å². The topological polar surface area (TPSA) is 63.7 Å². The lowest BCUT2D eigenvalue weighted by Gasteiger charge is -2.29. The van der Waals surface area contributed by atoms with E-state index in [1.165, 1.54) is 0 Å². The molecule has 2 rings (SSSR count). The molecule has 1 amide bonds. The number of pyridine rings is 1. The quantitative estimate of drug-likeness (QED) is 0.870. The van der Waals surface area contributed by atoms with Crippen LogP contribution in [0.25, 0.3) is 0 Å². The third-order valence-electron chi connectivity index (χ3n) is 3.02. The maximum absolute atomic E-state index is 12.2. The molecular formula is C13H19N3O3. The van der Waals surface area contributed by atoms with Crippen LogP contribution in [0.3, 0.4) is 0 Å². The summed E-state index contributed by atoms with van der Waals surface area (Å²) in [7, 11) is 1.57. The van der Waals surface area contributed by atoms with Crippen molar-refractivity contribution in [3.8, 4) is 5.88 Å². The molecule has 1 aliphatic heterocycles. The van der Waals surface area contributed by atoms with E-state index in [4.69, 9.17) is 9.47 Å². The number of hydrogen-bond donors (Lipinski definition) is 1. The van der Waals surface area contributed by atoms with Crippen LogP contribution in [0.5, 0.6) is 5.88 Å². The number of morpholine rings is 1. The van der Waals surface area contributed by atoms with Crippen molar-refractivity contribution in [2.75, 3.05) is 38.7 Å². The van der Waals surface area contributed by atoms with Crippen LogP contribution in [-0.2, 0) is 9.53 Å². The SMILES string of the molecule is COc1ccc(N[C@@H](C)C(=O)N2CCOCC2)cn1. The number of anilines is 1. The van der Waals surface area contributed by atoms with Gasteiger partial charge in [-0.05, 0) is 13.0 Å². The molecule has 1 aromatic rings. The predicted molar refractivity (Wildman–Crippen MR) is 71.3 cm³/mol. The van der Waals surface area contributed by atoms with E-state index in [-0.39, 0.29) is 11.9 Å². The number of hydrogen-bond acceptors (Lipinski definition) is 5. The Hall–Kier alpha value is -1.82. The molecule has 1 N–H and O–H groups in total. The van der Waals surface area contributed by atoms with Crippen molar-refractivity contribution in [3.05, 3.63) is 18.3 Å². The number of ether oxygens (including phenoxy) is 2. The monoisotopic (exact) mass is 265 g/mol. The highest BCUT2D eigenvalue weighted by Crippen LogP contribution is 2.13. The number of carbonyl (C=O) groups is 1. The summed E-state index contributed by atoms with van der Waals surface area (Å²) >= 11 is 0. The van der Waals surface area contributed by atoms with E-state index in [1.54, 1.807) is 19.4 Å². The number of carbonyl (C=O) groups excluding carboxylic acids is 1. The molecule has 6 nitrogen and oxygen atoms in total. The van der Waals surface area contributed by atoms with Gasteiger partial charge in [0.1, 0.15) is 6.04 Å². The van der Waals surface area contributed by atoms with Gasteiger partial charge < -0.3 is 19.7 Å². The fraction of sp³-hybridized carbons (Fsp3) is 0.538. The van der Waals surface area contributed by atoms with Gasteiger partial charge in [0.05, 0.1) is 32.2 Å². The van der Waals surface area contributed by atoms with Gasteiger partial charge in [-0.1, -0.05) is 0 Å². The lowest BCUT2D eigenvalue weighted by Crippen LogP contribution is -2.47. The molecule has 0 saturated carbocycles. The number of amides is 1. The van der Waals surface area contributed by atoms with Crippen molar-refractivity contribution in [3.63, 3.8) is 0 Å². The first-order chi connectivity index (χ1) is 9.20. The van der Waals surface area contributed by atoms with Crippen LogP contribution < -0.4 is 10.1 Å². The van der Waals surface area contributed by atoms with Gasteiger partial charge in [-0.2, -0.15) is 0 Å². The summed E-state index contributed by atoms with van der Waals surface area (Å²) in [6.45, 7) is 4.39. The van der Waals surface area contributed by atoms with Gasteiger partial charge in [0, 0.05) is 19.2 Å². The molecule has 1 saturated heterocycles. The van der Waals surface area contributed by atoms with Crippen molar-refractivity contribution >= 4 is 11.6 Å². The van der Waals surface area contributed by atoms with Gasteiger partial charge in [0.25, 0.3) is 0 Å². The first-order valence-electron chi connectivity index (χ1n) is 6.34. The molecule has 0 unspecified atom stereocenters. The maximum atomic E-state index is 12.2. The molecule has 2 heterocycles.